The average molecular weight is 333 g/mol. The van der Waals surface area contributed by atoms with Crippen LogP contribution in [-0.2, 0) is 20.7 Å². The molecular formula is C15H18F3NO4. The largest absolute Gasteiger partial charge is 0.481 e. The minimum absolute atomic E-state index is 0.328. The zero-order chi connectivity index (χ0) is 17.9. The van der Waals surface area contributed by atoms with E-state index in [1.165, 1.54) is 0 Å². The van der Waals surface area contributed by atoms with E-state index in [9.17, 15) is 22.8 Å². The summed E-state index contributed by atoms with van der Waals surface area (Å²) in [5, 5.41) is 9.15. The Balaban J connectivity index is 3.00. The molecule has 0 aliphatic rings. The van der Waals surface area contributed by atoms with Crippen LogP contribution in [0.1, 0.15) is 26.3 Å². The number of benzene rings is 1. The number of halogens is 3. The van der Waals surface area contributed by atoms with Crippen molar-refractivity contribution in [3.05, 3.63) is 35.1 Å². The zero-order valence-corrected chi connectivity index (χ0v) is 12.9. The van der Waals surface area contributed by atoms with Gasteiger partial charge in [-0.25, -0.2) is 13.2 Å². The number of rotatable bonds is 5. The molecule has 8 heteroatoms. The van der Waals surface area contributed by atoms with Gasteiger partial charge in [-0.2, -0.15) is 0 Å². The third kappa shape index (κ3) is 5.24. The van der Waals surface area contributed by atoms with E-state index >= 15 is 0 Å². The highest BCUT2D eigenvalue weighted by atomic mass is 19.2. The monoisotopic (exact) mass is 333 g/mol. The van der Waals surface area contributed by atoms with Crippen LogP contribution in [0.3, 0.4) is 0 Å². The van der Waals surface area contributed by atoms with Gasteiger partial charge in [0.25, 0.3) is 0 Å². The van der Waals surface area contributed by atoms with Gasteiger partial charge >= 0.3 is 11.9 Å². The molecule has 0 aromatic heterocycles. The lowest BCUT2D eigenvalue weighted by Crippen LogP contribution is -2.45. The molecule has 0 fully saturated rings. The molecule has 0 radical (unpaired) electrons. The zero-order valence-electron chi connectivity index (χ0n) is 12.9. The van der Waals surface area contributed by atoms with E-state index in [1.54, 1.807) is 20.8 Å². The Kier molecular flexibility index (Phi) is 5.76. The second-order valence-corrected chi connectivity index (χ2v) is 6.08. The van der Waals surface area contributed by atoms with Crippen molar-refractivity contribution in [3.63, 3.8) is 0 Å². The lowest BCUT2D eigenvalue weighted by atomic mass is 9.93. The van der Waals surface area contributed by atoms with Crippen molar-refractivity contribution in [1.29, 1.82) is 0 Å². The van der Waals surface area contributed by atoms with Gasteiger partial charge in [0.2, 0.25) is 0 Å². The number of nitrogens with two attached hydrogens (primary N) is 1. The number of carboxylic acid groups (broad SMARTS) is 1. The number of hydrogen-bond acceptors (Lipinski definition) is 4. The number of aliphatic carboxylic acids is 1. The second kappa shape index (κ2) is 6.99. The summed E-state index contributed by atoms with van der Waals surface area (Å²) in [7, 11) is 0. The maximum Gasteiger partial charge on any atom is 0.322 e. The number of esters is 1. The van der Waals surface area contributed by atoms with Gasteiger partial charge in [0, 0.05) is 12.1 Å². The van der Waals surface area contributed by atoms with Crippen LogP contribution in [0.4, 0.5) is 13.2 Å². The molecule has 1 aromatic rings. The molecule has 1 unspecified atom stereocenters. The summed E-state index contributed by atoms with van der Waals surface area (Å²) >= 11 is 0. The molecule has 0 bridgehead atoms. The molecule has 23 heavy (non-hydrogen) atoms. The molecule has 0 saturated heterocycles. The summed E-state index contributed by atoms with van der Waals surface area (Å²) in [5.74, 6) is -8.14. The van der Waals surface area contributed by atoms with E-state index in [1.807, 2.05) is 0 Å². The first-order chi connectivity index (χ1) is 10.4. The maximum absolute atomic E-state index is 13.6. The Morgan fingerprint density at radius 3 is 2.17 bits per heavy atom. The van der Waals surface area contributed by atoms with Crippen molar-refractivity contribution >= 4 is 11.9 Å². The molecule has 3 N–H and O–H groups in total. The number of carboxylic acids is 1. The Bertz CT molecular complexity index is 613. The van der Waals surface area contributed by atoms with E-state index in [0.717, 1.165) is 0 Å². The molecule has 1 rings (SSSR count). The normalized spacial score (nSPS) is 14.2. The Morgan fingerprint density at radius 1 is 1.17 bits per heavy atom. The fraction of sp³-hybridized carbons (Fsp3) is 0.467. The van der Waals surface area contributed by atoms with E-state index < -0.39 is 53.4 Å². The number of hydrogen-bond donors (Lipinski definition) is 2. The summed E-state index contributed by atoms with van der Waals surface area (Å²) in [5.41, 5.74) is 4.40. The third-order valence-corrected chi connectivity index (χ3v) is 2.90. The molecule has 5 nitrogen and oxygen atoms in total. The average Bonchev–Trinajstić information content (AvgIpc) is 2.33. The van der Waals surface area contributed by atoms with E-state index in [4.69, 9.17) is 15.6 Å². The van der Waals surface area contributed by atoms with Crippen molar-refractivity contribution in [1.82, 2.24) is 0 Å². The smallest absolute Gasteiger partial charge is 0.322 e. The predicted molar refractivity (Wildman–Crippen MR) is 75.0 cm³/mol. The molecule has 128 valence electrons. The maximum atomic E-state index is 13.6. The first-order valence-electron chi connectivity index (χ1n) is 6.77. The fourth-order valence-corrected chi connectivity index (χ4v) is 1.92. The van der Waals surface area contributed by atoms with Gasteiger partial charge in [0.15, 0.2) is 17.6 Å². The fourth-order valence-electron chi connectivity index (χ4n) is 1.92. The van der Waals surface area contributed by atoms with Crippen LogP contribution in [0.5, 0.6) is 0 Å². The molecule has 0 saturated carbocycles. The Morgan fingerprint density at radius 2 is 1.70 bits per heavy atom. The highest BCUT2D eigenvalue weighted by Gasteiger charge is 2.36. The van der Waals surface area contributed by atoms with Crippen LogP contribution >= 0.6 is 0 Å². The van der Waals surface area contributed by atoms with Crippen molar-refractivity contribution in [2.45, 2.75) is 38.8 Å². The Hall–Kier alpha value is -2.09. The topological polar surface area (TPSA) is 89.6 Å². The molecular weight excluding hydrogens is 315 g/mol. The summed E-state index contributed by atoms with van der Waals surface area (Å²) in [4.78, 5) is 23.2. The van der Waals surface area contributed by atoms with E-state index in [2.05, 4.69) is 0 Å². The number of carbonyl (C=O) groups excluding carboxylic acids is 1. The molecule has 2 atom stereocenters. The molecule has 0 aliphatic carbocycles. The lowest BCUT2D eigenvalue weighted by Gasteiger charge is -2.25. The molecule has 0 aliphatic heterocycles. The summed E-state index contributed by atoms with van der Waals surface area (Å²) in [6, 6.07) is -0.458. The van der Waals surface area contributed by atoms with Crippen LogP contribution in [0, 0.1) is 23.4 Å². The molecule has 0 amide bonds. The van der Waals surface area contributed by atoms with Gasteiger partial charge in [-0.3, -0.25) is 9.59 Å². The van der Waals surface area contributed by atoms with Crippen LogP contribution in [0.25, 0.3) is 0 Å². The van der Waals surface area contributed by atoms with Gasteiger partial charge in [0.05, 0.1) is 0 Å². The first-order valence-corrected chi connectivity index (χ1v) is 6.77. The van der Waals surface area contributed by atoms with Crippen LogP contribution in [0.2, 0.25) is 0 Å². The van der Waals surface area contributed by atoms with Gasteiger partial charge in [-0.05, 0) is 38.8 Å². The van der Waals surface area contributed by atoms with E-state index in [0.29, 0.717) is 12.1 Å². The van der Waals surface area contributed by atoms with Crippen LogP contribution < -0.4 is 5.73 Å². The first kappa shape index (κ1) is 19.0. The van der Waals surface area contributed by atoms with Crippen molar-refractivity contribution in [2.75, 3.05) is 0 Å². The van der Waals surface area contributed by atoms with Gasteiger partial charge in [0.1, 0.15) is 11.4 Å². The van der Waals surface area contributed by atoms with Crippen molar-refractivity contribution in [3.8, 4) is 0 Å². The van der Waals surface area contributed by atoms with Gasteiger partial charge < -0.3 is 15.6 Å². The molecule has 1 aromatic carbocycles. The van der Waals surface area contributed by atoms with Gasteiger partial charge in [-0.1, -0.05) is 0 Å². The summed E-state index contributed by atoms with van der Waals surface area (Å²) in [6.45, 7) is 4.64. The minimum Gasteiger partial charge on any atom is -0.481 e. The standard InChI is InChI=1S/C15H18F3NO4/c1-15(2,3)23-14(22)12(13(20)21)11(19)5-7-4-9(17)10(18)6-8(7)16/h4,6,11-12H,5,19H2,1-3H3,(H,20,21)/t11?,12-/m1/s1. The minimum atomic E-state index is -1.76. The second-order valence-electron chi connectivity index (χ2n) is 6.08. The highest BCUT2D eigenvalue weighted by Crippen LogP contribution is 2.19. The molecule has 0 spiro atoms. The predicted octanol–water partition coefficient (Wildman–Crippen LogP) is 2.02. The summed E-state index contributed by atoms with van der Waals surface area (Å²) < 4.78 is 44.6. The van der Waals surface area contributed by atoms with Crippen molar-refractivity contribution < 1.29 is 32.6 Å². The van der Waals surface area contributed by atoms with Crippen LogP contribution in [0.15, 0.2) is 12.1 Å². The van der Waals surface area contributed by atoms with E-state index in [-0.39, 0.29) is 5.56 Å². The Labute approximate surface area is 131 Å². The molecule has 0 heterocycles. The SMILES string of the molecule is CC(C)(C)OC(=O)[C@@H](C(=O)O)C(N)Cc1cc(F)c(F)cc1F. The van der Waals surface area contributed by atoms with Gasteiger partial charge in [-0.15, -0.1) is 0 Å². The number of carbonyl (C=O) groups is 2. The lowest BCUT2D eigenvalue weighted by molar-refractivity contribution is -0.167. The third-order valence-electron chi connectivity index (χ3n) is 2.90. The summed E-state index contributed by atoms with van der Waals surface area (Å²) in [6.07, 6.45) is -0.473. The van der Waals surface area contributed by atoms with Crippen molar-refractivity contribution in [2.24, 2.45) is 11.7 Å². The number of ether oxygens (including phenoxy) is 1. The highest BCUT2D eigenvalue weighted by molar-refractivity contribution is 5.95. The quantitative estimate of drug-likeness (QED) is 0.489. The van der Waals surface area contributed by atoms with Crippen LogP contribution in [-0.4, -0.2) is 28.7 Å².